The number of carbonyl (C=O) groups is 3. The number of H-pyrrole nitrogens is 1. The van der Waals surface area contributed by atoms with Gasteiger partial charge in [-0.15, -0.1) is 0 Å². The summed E-state index contributed by atoms with van der Waals surface area (Å²) < 4.78 is 6.14. The number of nitrogens with zero attached hydrogens (tertiary/aromatic N) is 2. The topological polar surface area (TPSA) is 82.7 Å². The van der Waals surface area contributed by atoms with E-state index in [1.54, 1.807) is 48.5 Å². The van der Waals surface area contributed by atoms with E-state index in [2.05, 4.69) is 20.9 Å². The van der Waals surface area contributed by atoms with E-state index in [1.165, 1.54) is 16.9 Å². The largest absolute Gasteiger partial charge is 0.497 e. The lowest BCUT2D eigenvalue weighted by molar-refractivity contribution is -0.122. The minimum Gasteiger partial charge on any atom is -0.497 e. The lowest BCUT2D eigenvalue weighted by Gasteiger charge is -2.28. The molecule has 0 radical (unpaired) electrons. The smallest absolute Gasteiger partial charge is 0.257 e. The standard InChI is InChI=1S/C28H24BrN3O4/c1-36-22-6-4-5-18(15-22)27(34)31(14-13-19-17-30-24-8-3-2-7-23(19)24)25-16-26(33)32(28(25)35)21-11-9-20(29)10-12-21/h2-12,15,17,25,30H,13-14,16H2,1H3. The van der Waals surface area contributed by atoms with Gasteiger partial charge in [-0.25, -0.2) is 4.90 Å². The maximum absolute atomic E-state index is 13.7. The molecule has 3 aromatic carbocycles. The van der Waals surface area contributed by atoms with Gasteiger partial charge in [-0.05, 0) is 60.5 Å². The zero-order valence-electron chi connectivity index (χ0n) is 19.6. The van der Waals surface area contributed by atoms with Crippen LogP contribution < -0.4 is 9.64 Å². The number of imide groups is 1. The van der Waals surface area contributed by atoms with Crippen molar-refractivity contribution in [1.82, 2.24) is 9.88 Å². The number of hydrogen-bond acceptors (Lipinski definition) is 4. The summed E-state index contributed by atoms with van der Waals surface area (Å²) >= 11 is 3.38. The maximum atomic E-state index is 13.7. The van der Waals surface area contributed by atoms with E-state index in [4.69, 9.17) is 4.74 Å². The highest BCUT2D eigenvalue weighted by molar-refractivity contribution is 9.10. The number of anilines is 1. The molecule has 0 aliphatic carbocycles. The number of nitrogens with one attached hydrogen (secondary N) is 1. The third-order valence-corrected chi connectivity index (χ3v) is 6.99. The molecule has 8 heteroatoms. The first-order valence-corrected chi connectivity index (χ1v) is 12.4. The van der Waals surface area contributed by atoms with Crippen molar-refractivity contribution in [2.75, 3.05) is 18.6 Å². The molecule has 4 aromatic rings. The van der Waals surface area contributed by atoms with Crippen LogP contribution >= 0.6 is 15.9 Å². The Morgan fingerprint density at radius 1 is 1.08 bits per heavy atom. The van der Waals surface area contributed by atoms with Gasteiger partial charge in [0.15, 0.2) is 0 Å². The predicted molar refractivity (Wildman–Crippen MR) is 141 cm³/mol. The van der Waals surface area contributed by atoms with E-state index in [1.807, 2.05) is 30.5 Å². The van der Waals surface area contributed by atoms with Gasteiger partial charge < -0.3 is 14.6 Å². The summed E-state index contributed by atoms with van der Waals surface area (Å²) in [6.45, 7) is 0.274. The molecule has 2 heterocycles. The highest BCUT2D eigenvalue weighted by Crippen LogP contribution is 2.29. The highest BCUT2D eigenvalue weighted by Gasteiger charge is 2.44. The van der Waals surface area contributed by atoms with Crippen molar-refractivity contribution in [3.05, 3.63) is 94.6 Å². The number of para-hydroxylation sites is 1. The summed E-state index contributed by atoms with van der Waals surface area (Å²) in [5.74, 6) is -0.513. The molecular formula is C28H24BrN3O4. The van der Waals surface area contributed by atoms with E-state index < -0.39 is 11.9 Å². The van der Waals surface area contributed by atoms with Crippen molar-refractivity contribution in [3.8, 4) is 5.75 Å². The number of aromatic nitrogens is 1. The molecule has 1 aliphatic rings. The third kappa shape index (κ3) is 4.52. The number of halogens is 1. The molecule has 0 saturated carbocycles. The summed E-state index contributed by atoms with van der Waals surface area (Å²) in [5.41, 5.74) is 2.93. The van der Waals surface area contributed by atoms with E-state index in [0.29, 0.717) is 23.4 Å². The van der Waals surface area contributed by atoms with Gasteiger partial charge >= 0.3 is 0 Å². The van der Waals surface area contributed by atoms with Crippen LogP contribution in [-0.4, -0.2) is 47.3 Å². The number of rotatable bonds is 7. The van der Waals surface area contributed by atoms with Gasteiger partial charge in [0, 0.05) is 33.7 Å². The molecule has 1 unspecified atom stereocenters. The first-order chi connectivity index (χ1) is 17.5. The molecule has 0 bridgehead atoms. The average molecular weight is 546 g/mol. The van der Waals surface area contributed by atoms with Crippen LogP contribution in [0.15, 0.2) is 83.5 Å². The van der Waals surface area contributed by atoms with Crippen LogP contribution in [0.3, 0.4) is 0 Å². The lowest BCUT2D eigenvalue weighted by Crippen LogP contribution is -2.46. The van der Waals surface area contributed by atoms with Crippen molar-refractivity contribution < 1.29 is 19.1 Å². The Morgan fingerprint density at radius 3 is 2.64 bits per heavy atom. The SMILES string of the molecule is COc1cccc(C(=O)N(CCc2c[nH]c3ccccc23)C2CC(=O)N(c3ccc(Br)cc3)C2=O)c1. The van der Waals surface area contributed by atoms with E-state index in [-0.39, 0.29) is 24.8 Å². The summed E-state index contributed by atoms with van der Waals surface area (Å²) in [7, 11) is 1.54. The summed E-state index contributed by atoms with van der Waals surface area (Å²) in [5, 5.41) is 1.07. The summed E-state index contributed by atoms with van der Waals surface area (Å²) in [6, 6.07) is 20.9. The van der Waals surface area contributed by atoms with Gasteiger partial charge in [-0.2, -0.15) is 0 Å². The zero-order chi connectivity index (χ0) is 25.2. The number of fused-ring (bicyclic) bond motifs is 1. The lowest BCUT2D eigenvalue weighted by atomic mass is 10.1. The number of methoxy groups -OCH3 is 1. The van der Waals surface area contributed by atoms with Gasteiger partial charge in [0.25, 0.3) is 11.8 Å². The van der Waals surface area contributed by atoms with Gasteiger partial charge in [-0.1, -0.05) is 40.2 Å². The maximum Gasteiger partial charge on any atom is 0.257 e. The van der Waals surface area contributed by atoms with Crippen LogP contribution in [0.5, 0.6) is 5.75 Å². The van der Waals surface area contributed by atoms with Gasteiger partial charge in [0.05, 0.1) is 19.2 Å². The van der Waals surface area contributed by atoms with Crippen LogP contribution in [0.1, 0.15) is 22.3 Å². The highest BCUT2D eigenvalue weighted by atomic mass is 79.9. The first kappa shape index (κ1) is 23.8. The summed E-state index contributed by atoms with van der Waals surface area (Å²) in [4.78, 5) is 46.2. The summed E-state index contributed by atoms with van der Waals surface area (Å²) in [6.07, 6.45) is 2.38. The number of hydrogen-bond donors (Lipinski definition) is 1. The third-order valence-electron chi connectivity index (χ3n) is 6.46. The second kappa shape index (κ2) is 9.99. The molecule has 5 rings (SSSR count). The number of ether oxygens (including phenoxy) is 1. The Kier molecular flexibility index (Phi) is 6.61. The Morgan fingerprint density at radius 2 is 1.86 bits per heavy atom. The van der Waals surface area contributed by atoms with E-state index in [9.17, 15) is 14.4 Å². The molecule has 1 fully saturated rings. The van der Waals surface area contributed by atoms with Crippen molar-refractivity contribution >= 4 is 50.2 Å². The van der Waals surface area contributed by atoms with Crippen LogP contribution in [0.2, 0.25) is 0 Å². The Balaban J connectivity index is 1.47. The van der Waals surface area contributed by atoms with Gasteiger partial charge in [0.1, 0.15) is 11.8 Å². The van der Waals surface area contributed by atoms with Gasteiger partial charge in [-0.3, -0.25) is 14.4 Å². The van der Waals surface area contributed by atoms with E-state index in [0.717, 1.165) is 20.9 Å². The van der Waals surface area contributed by atoms with Crippen LogP contribution in [-0.2, 0) is 16.0 Å². The monoisotopic (exact) mass is 545 g/mol. The minimum atomic E-state index is -0.898. The second-order valence-electron chi connectivity index (χ2n) is 8.60. The van der Waals surface area contributed by atoms with Crippen LogP contribution in [0.25, 0.3) is 10.9 Å². The Bertz CT molecular complexity index is 1450. The van der Waals surface area contributed by atoms with Gasteiger partial charge in [0.2, 0.25) is 5.91 Å². The molecule has 182 valence electrons. The fourth-order valence-electron chi connectivity index (χ4n) is 4.62. The molecule has 7 nitrogen and oxygen atoms in total. The van der Waals surface area contributed by atoms with Crippen LogP contribution in [0.4, 0.5) is 5.69 Å². The number of amides is 3. The first-order valence-electron chi connectivity index (χ1n) is 11.6. The Hall–Kier alpha value is -3.91. The molecule has 1 aromatic heterocycles. The number of aromatic amines is 1. The predicted octanol–water partition coefficient (Wildman–Crippen LogP) is 4.96. The van der Waals surface area contributed by atoms with Crippen molar-refractivity contribution in [2.45, 2.75) is 18.9 Å². The Labute approximate surface area is 216 Å². The molecule has 0 spiro atoms. The molecule has 1 aliphatic heterocycles. The normalized spacial score (nSPS) is 15.5. The fourth-order valence-corrected chi connectivity index (χ4v) is 4.89. The van der Waals surface area contributed by atoms with Crippen molar-refractivity contribution in [3.63, 3.8) is 0 Å². The number of benzene rings is 3. The molecule has 3 amide bonds. The van der Waals surface area contributed by atoms with Crippen molar-refractivity contribution in [2.24, 2.45) is 0 Å². The van der Waals surface area contributed by atoms with E-state index >= 15 is 0 Å². The molecule has 36 heavy (non-hydrogen) atoms. The van der Waals surface area contributed by atoms with Crippen LogP contribution in [0, 0.1) is 0 Å². The molecular weight excluding hydrogens is 522 g/mol. The molecule has 1 saturated heterocycles. The average Bonchev–Trinajstić information content (AvgIpc) is 3.45. The molecule has 1 N–H and O–H groups in total. The fraction of sp³-hybridized carbons (Fsp3) is 0.179. The minimum absolute atomic E-state index is 0.0709. The van der Waals surface area contributed by atoms with Crippen molar-refractivity contribution in [1.29, 1.82) is 0 Å². The molecule has 1 atom stereocenters. The number of carbonyl (C=O) groups excluding carboxylic acids is 3. The quantitative estimate of drug-likeness (QED) is 0.333. The zero-order valence-corrected chi connectivity index (χ0v) is 21.2. The second-order valence-corrected chi connectivity index (χ2v) is 9.52.